The molecule has 24 heavy (non-hydrogen) atoms. The Morgan fingerprint density at radius 3 is 2.38 bits per heavy atom. The fourth-order valence-corrected chi connectivity index (χ4v) is 4.02. The Labute approximate surface area is 138 Å². The van der Waals surface area contributed by atoms with Crippen LogP contribution in [0, 0.1) is 5.82 Å². The highest BCUT2D eigenvalue weighted by Crippen LogP contribution is 2.29. The number of esters is 1. The van der Waals surface area contributed by atoms with Gasteiger partial charge in [0, 0.05) is 5.39 Å². The Morgan fingerprint density at radius 2 is 1.71 bits per heavy atom. The van der Waals surface area contributed by atoms with Gasteiger partial charge in [0.05, 0.1) is 17.0 Å². The molecule has 0 radical (unpaired) electrons. The molecule has 1 heterocycles. The molecule has 0 aliphatic carbocycles. The molecule has 3 aromatic rings. The van der Waals surface area contributed by atoms with Gasteiger partial charge in [0.1, 0.15) is 0 Å². The highest BCUT2D eigenvalue weighted by atomic mass is 32.2. The van der Waals surface area contributed by atoms with Gasteiger partial charge in [-0.25, -0.2) is 21.6 Å². The number of hydrogen-bond acceptors (Lipinski definition) is 4. The molecule has 3 rings (SSSR count). The normalized spacial score (nSPS) is 11.6. The van der Waals surface area contributed by atoms with Crippen LogP contribution in [0.15, 0.2) is 59.5 Å². The zero-order valence-corrected chi connectivity index (χ0v) is 13.6. The number of rotatable bonds is 4. The van der Waals surface area contributed by atoms with E-state index in [0.29, 0.717) is 3.97 Å². The first kappa shape index (κ1) is 16.2. The first-order chi connectivity index (χ1) is 11.5. The van der Waals surface area contributed by atoms with Gasteiger partial charge in [0.25, 0.3) is 10.0 Å². The maximum absolute atomic E-state index is 14.7. The molecule has 0 fully saturated rings. The molecule has 5 nitrogen and oxygen atoms in total. The van der Waals surface area contributed by atoms with E-state index in [-0.39, 0.29) is 22.4 Å². The molecular formula is C17H14FNO4S. The number of ether oxygens (including phenoxy) is 1. The maximum atomic E-state index is 14.7. The lowest BCUT2D eigenvalue weighted by atomic mass is 10.2. The topological polar surface area (TPSA) is 65.4 Å². The first-order valence-corrected chi connectivity index (χ1v) is 8.69. The van der Waals surface area contributed by atoms with Gasteiger partial charge < -0.3 is 4.74 Å². The highest BCUT2D eigenvalue weighted by Gasteiger charge is 2.31. The third kappa shape index (κ3) is 2.46. The van der Waals surface area contributed by atoms with Crippen molar-refractivity contribution in [2.24, 2.45) is 0 Å². The molecule has 0 saturated heterocycles. The Morgan fingerprint density at radius 1 is 1.08 bits per heavy atom. The summed E-state index contributed by atoms with van der Waals surface area (Å²) in [6.45, 7) is 1.57. The molecule has 0 aliphatic rings. The van der Waals surface area contributed by atoms with E-state index in [4.69, 9.17) is 4.74 Å². The number of carbonyl (C=O) groups is 1. The number of carbonyl (C=O) groups excluding carboxylic acids is 1. The number of hydrogen-bond donors (Lipinski definition) is 0. The van der Waals surface area contributed by atoms with Gasteiger partial charge in [0.15, 0.2) is 11.5 Å². The molecule has 2 aromatic carbocycles. The van der Waals surface area contributed by atoms with E-state index >= 15 is 0 Å². The average Bonchev–Trinajstić information content (AvgIpc) is 2.90. The van der Waals surface area contributed by atoms with Crippen LogP contribution in [0.2, 0.25) is 0 Å². The number of para-hydroxylation sites is 1. The second kappa shape index (κ2) is 6.09. The van der Waals surface area contributed by atoms with Crippen LogP contribution in [0.3, 0.4) is 0 Å². The summed E-state index contributed by atoms with van der Waals surface area (Å²) in [5.41, 5.74) is -0.538. The van der Waals surface area contributed by atoms with E-state index in [0.717, 1.165) is 0 Å². The van der Waals surface area contributed by atoms with Crippen molar-refractivity contribution in [2.45, 2.75) is 11.8 Å². The van der Waals surface area contributed by atoms with Crippen LogP contribution < -0.4 is 0 Å². The minimum absolute atomic E-state index is 0.00514. The van der Waals surface area contributed by atoms with E-state index in [1.165, 1.54) is 24.3 Å². The van der Waals surface area contributed by atoms with Gasteiger partial charge in [-0.3, -0.25) is 0 Å². The maximum Gasteiger partial charge on any atom is 0.359 e. The van der Waals surface area contributed by atoms with Crippen LogP contribution in [0.1, 0.15) is 17.4 Å². The molecule has 0 amide bonds. The lowest BCUT2D eigenvalue weighted by molar-refractivity contribution is 0.0513. The van der Waals surface area contributed by atoms with Crippen LogP contribution in [-0.2, 0) is 14.8 Å². The van der Waals surface area contributed by atoms with E-state index in [1.54, 1.807) is 37.3 Å². The number of fused-ring (bicyclic) bond motifs is 1. The van der Waals surface area contributed by atoms with Crippen molar-refractivity contribution in [1.29, 1.82) is 0 Å². The average molecular weight is 347 g/mol. The summed E-state index contributed by atoms with van der Waals surface area (Å²) in [5.74, 6) is -1.94. The number of aromatic nitrogens is 1. The van der Waals surface area contributed by atoms with Crippen LogP contribution in [-0.4, -0.2) is 25.0 Å². The zero-order valence-electron chi connectivity index (χ0n) is 12.8. The van der Waals surface area contributed by atoms with Gasteiger partial charge in [-0.2, -0.15) is 0 Å². The Bertz CT molecular complexity index is 1010. The first-order valence-electron chi connectivity index (χ1n) is 7.25. The third-order valence-corrected chi connectivity index (χ3v) is 5.25. The van der Waals surface area contributed by atoms with E-state index in [1.807, 2.05) is 0 Å². The minimum atomic E-state index is -4.16. The van der Waals surface area contributed by atoms with Crippen molar-refractivity contribution < 1.29 is 22.3 Å². The molecule has 0 unspecified atom stereocenters. The van der Waals surface area contributed by atoms with Crippen molar-refractivity contribution in [3.8, 4) is 0 Å². The number of halogens is 1. The van der Waals surface area contributed by atoms with Crippen molar-refractivity contribution in [1.82, 2.24) is 3.97 Å². The van der Waals surface area contributed by atoms with Gasteiger partial charge in [-0.05, 0) is 31.2 Å². The lowest BCUT2D eigenvalue weighted by Crippen LogP contribution is -2.20. The van der Waals surface area contributed by atoms with Gasteiger partial charge >= 0.3 is 5.97 Å². The second-order valence-corrected chi connectivity index (χ2v) is 6.77. The fourth-order valence-electron chi connectivity index (χ4n) is 2.49. The summed E-state index contributed by atoms with van der Waals surface area (Å²) < 4.78 is 46.2. The molecule has 0 N–H and O–H groups in total. The second-order valence-electron chi connectivity index (χ2n) is 4.98. The van der Waals surface area contributed by atoms with Crippen molar-refractivity contribution in [3.63, 3.8) is 0 Å². The fraction of sp³-hybridized carbons (Fsp3) is 0.118. The van der Waals surface area contributed by atoms with Crippen LogP contribution in [0.5, 0.6) is 0 Å². The smallest absolute Gasteiger partial charge is 0.359 e. The lowest BCUT2D eigenvalue weighted by Gasteiger charge is -2.11. The largest absolute Gasteiger partial charge is 0.461 e. The molecule has 1 aromatic heterocycles. The molecule has 7 heteroatoms. The molecule has 0 atom stereocenters. The van der Waals surface area contributed by atoms with Crippen LogP contribution in [0.4, 0.5) is 4.39 Å². The van der Waals surface area contributed by atoms with Crippen molar-refractivity contribution >= 4 is 26.9 Å². The number of benzene rings is 2. The molecule has 124 valence electrons. The standard InChI is InChI=1S/C17H14FNO4S/c1-2-23-17(20)16-15(18)13-10-6-7-11-14(13)19(16)24(21,22)12-8-4-3-5-9-12/h3-11H,2H2,1H3. The summed E-state index contributed by atoms with van der Waals surface area (Å²) >= 11 is 0. The summed E-state index contributed by atoms with van der Waals surface area (Å²) in [4.78, 5) is 12.1. The van der Waals surface area contributed by atoms with Crippen LogP contribution in [0.25, 0.3) is 10.9 Å². The molecule has 0 aliphatic heterocycles. The SMILES string of the molecule is CCOC(=O)c1c(F)c2ccccc2n1S(=O)(=O)c1ccccc1. The van der Waals surface area contributed by atoms with Gasteiger partial charge in [-0.1, -0.05) is 30.3 Å². The molecule has 0 spiro atoms. The third-order valence-electron chi connectivity index (χ3n) is 3.52. The summed E-state index contributed by atoms with van der Waals surface area (Å²) in [7, 11) is -4.16. The summed E-state index contributed by atoms with van der Waals surface area (Å²) in [5, 5.41) is 0.0417. The zero-order chi connectivity index (χ0) is 17.3. The van der Waals surface area contributed by atoms with Gasteiger partial charge in [-0.15, -0.1) is 0 Å². The minimum Gasteiger partial charge on any atom is -0.461 e. The Hall–Kier alpha value is -2.67. The van der Waals surface area contributed by atoms with E-state index < -0.39 is 27.5 Å². The van der Waals surface area contributed by atoms with E-state index in [2.05, 4.69) is 0 Å². The predicted octanol–water partition coefficient (Wildman–Crippen LogP) is 3.19. The predicted molar refractivity (Wildman–Crippen MR) is 86.9 cm³/mol. The summed E-state index contributed by atoms with van der Waals surface area (Å²) in [6.07, 6.45) is 0. The van der Waals surface area contributed by atoms with Crippen LogP contribution >= 0.6 is 0 Å². The van der Waals surface area contributed by atoms with E-state index in [9.17, 15) is 17.6 Å². The monoisotopic (exact) mass is 347 g/mol. The van der Waals surface area contributed by atoms with Crippen molar-refractivity contribution in [3.05, 3.63) is 66.1 Å². The quantitative estimate of drug-likeness (QED) is 0.680. The Kier molecular flexibility index (Phi) is 4.11. The molecule has 0 bridgehead atoms. The van der Waals surface area contributed by atoms with Crippen molar-refractivity contribution in [2.75, 3.05) is 6.61 Å². The highest BCUT2D eigenvalue weighted by molar-refractivity contribution is 7.90. The number of nitrogens with zero attached hydrogens (tertiary/aromatic N) is 1. The molecule has 0 saturated carbocycles. The molecular weight excluding hydrogens is 333 g/mol. The Balaban J connectivity index is 2.38. The summed E-state index contributed by atoms with van der Waals surface area (Å²) in [6, 6.07) is 13.6. The van der Waals surface area contributed by atoms with Gasteiger partial charge in [0.2, 0.25) is 0 Å².